The van der Waals surface area contributed by atoms with Crippen molar-refractivity contribution in [2.75, 3.05) is 26.7 Å². The minimum Gasteiger partial charge on any atom is -0.497 e. The number of fused-ring (bicyclic) bond motifs is 1. The van der Waals surface area contributed by atoms with E-state index in [0.29, 0.717) is 11.4 Å². The molecule has 1 aliphatic heterocycles. The number of likely N-dealkylation sites (tertiary alicyclic amines) is 1. The standard InChI is InChI=1S/C28H35ClN4O3/c1-36-22-9-10-26-24(18-22)23(25(29)20-31-26)8-4-11-28(27(34)32-35)12-16-33(17-13-28)15-3-2-6-21-7-5-14-30-19-21/h5,7,9-10,14,18-20,35H,2-4,6,8,11-13,15-17H2,1H3,(H,32,34). The Kier molecular flexibility index (Phi) is 9.13. The summed E-state index contributed by atoms with van der Waals surface area (Å²) in [6.07, 6.45) is 12.4. The Bertz CT molecular complexity index is 1150. The number of hydrogen-bond acceptors (Lipinski definition) is 6. The highest BCUT2D eigenvalue weighted by Crippen LogP contribution is 2.38. The monoisotopic (exact) mass is 510 g/mol. The molecular formula is C28H35ClN4O3. The molecule has 0 unspecified atom stereocenters. The van der Waals surface area contributed by atoms with Crippen LogP contribution in [0.1, 0.15) is 49.7 Å². The summed E-state index contributed by atoms with van der Waals surface area (Å²) in [7, 11) is 1.64. The number of halogens is 1. The van der Waals surface area contributed by atoms with Crippen molar-refractivity contribution in [1.82, 2.24) is 20.3 Å². The van der Waals surface area contributed by atoms with Gasteiger partial charge >= 0.3 is 0 Å². The molecule has 1 fully saturated rings. The normalized spacial score (nSPS) is 15.6. The van der Waals surface area contributed by atoms with Crippen LogP contribution in [-0.2, 0) is 17.6 Å². The first-order chi connectivity index (χ1) is 17.5. The summed E-state index contributed by atoms with van der Waals surface area (Å²) in [6.45, 7) is 2.74. The fraction of sp³-hybridized carbons (Fsp3) is 0.464. The quantitative estimate of drug-likeness (QED) is 0.209. The van der Waals surface area contributed by atoms with Gasteiger partial charge in [0.2, 0.25) is 5.91 Å². The number of hydroxylamine groups is 1. The number of ether oxygens (including phenoxy) is 1. The number of pyridine rings is 2. The fourth-order valence-corrected chi connectivity index (χ4v) is 5.56. The van der Waals surface area contributed by atoms with Crippen molar-refractivity contribution in [3.05, 3.63) is 65.1 Å². The summed E-state index contributed by atoms with van der Waals surface area (Å²) in [5, 5.41) is 11.1. The van der Waals surface area contributed by atoms with Crippen LogP contribution in [0, 0.1) is 5.41 Å². The molecule has 192 valence electrons. The molecule has 8 heteroatoms. The van der Waals surface area contributed by atoms with Crippen LogP contribution in [0.25, 0.3) is 10.9 Å². The second-order valence-corrected chi connectivity index (χ2v) is 10.1. The zero-order valence-corrected chi connectivity index (χ0v) is 21.6. The van der Waals surface area contributed by atoms with Gasteiger partial charge in [-0.15, -0.1) is 0 Å². The number of benzene rings is 1. The van der Waals surface area contributed by atoms with Gasteiger partial charge in [-0.2, -0.15) is 0 Å². The van der Waals surface area contributed by atoms with Crippen LogP contribution in [0.4, 0.5) is 0 Å². The van der Waals surface area contributed by atoms with Crippen LogP contribution in [-0.4, -0.2) is 52.7 Å². The van der Waals surface area contributed by atoms with Gasteiger partial charge in [0.05, 0.1) is 23.1 Å². The van der Waals surface area contributed by atoms with Gasteiger partial charge in [0, 0.05) is 24.0 Å². The molecule has 3 aromatic rings. The molecule has 36 heavy (non-hydrogen) atoms. The lowest BCUT2D eigenvalue weighted by molar-refractivity contribution is -0.143. The van der Waals surface area contributed by atoms with E-state index in [1.165, 1.54) is 5.56 Å². The highest BCUT2D eigenvalue weighted by atomic mass is 35.5. The number of piperidine rings is 1. The van der Waals surface area contributed by atoms with Gasteiger partial charge in [0.1, 0.15) is 5.75 Å². The molecule has 1 aliphatic rings. The Hall–Kier alpha value is -2.74. The summed E-state index contributed by atoms with van der Waals surface area (Å²) < 4.78 is 5.39. The Labute approximate surface area is 217 Å². The first kappa shape index (κ1) is 26.3. The largest absolute Gasteiger partial charge is 0.497 e. The number of rotatable bonds is 11. The smallest absolute Gasteiger partial charge is 0.249 e. The minimum absolute atomic E-state index is 0.272. The van der Waals surface area contributed by atoms with Gasteiger partial charge in [0.25, 0.3) is 0 Å². The predicted molar refractivity (Wildman–Crippen MR) is 141 cm³/mol. The third kappa shape index (κ3) is 6.33. The van der Waals surface area contributed by atoms with E-state index in [4.69, 9.17) is 16.3 Å². The second kappa shape index (κ2) is 12.5. The molecule has 1 saturated heterocycles. The zero-order chi connectivity index (χ0) is 25.4. The van der Waals surface area contributed by atoms with Crippen LogP contribution < -0.4 is 10.2 Å². The maximum atomic E-state index is 12.8. The summed E-state index contributed by atoms with van der Waals surface area (Å²) in [4.78, 5) is 23.8. The fourth-order valence-electron chi connectivity index (χ4n) is 5.31. The molecule has 2 N–H and O–H groups in total. The number of amides is 1. The lowest BCUT2D eigenvalue weighted by Crippen LogP contribution is -2.48. The van der Waals surface area contributed by atoms with Crippen LogP contribution in [0.15, 0.2) is 48.9 Å². The van der Waals surface area contributed by atoms with Crippen molar-refractivity contribution >= 4 is 28.4 Å². The molecule has 3 heterocycles. The number of aryl methyl sites for hydroxylation is 2. The average molecular weight is 511 g/mol. The van der Waals surface area contributed by atoms with Crippen molar-refractivity contribution < 1.29 is 14.7 Å². The lowest BCUT2D eigenvalue weighted by Gasteiger charge is -2.40. The number of aromatic nitrogens is 2. The molecule has 0 spiro atoms. The average Bonchev–Trinajstić information content (AvgIpc) is 2.93. The van der Waals surface area contributed by atoms with Crippen molar-refractivity contribution in [2.24, 2.45) is 5.41 Å². The number of carbonyl (C=O) groups excluding carboxylic acids is 1. The molecular weight excluding hydrogens is 476 g/mol. The molecule has 0 aliphatic carbocycles. The molecule has 0 atom stereocenters. The van der Waals surface area contributed by atoms with Crippen molar-refractivity contribution in [3.8, 4) is 5.75 Å². The van der Waals surface area contributed by atoms with E-state index in [0.717, 1.165) is 86.8 Å². The van der Waals surface area contributed by atoms with Gasteiger partial charge in [-0.3, -0.25) is 20.0 Å². The van der Waals surface area contributed by atoms with Crippen LogP contribution >= 0.6 is 11.6 Å². The van der Waals surface area contributed by atoms with E-state index in [1.54, 1.807) is 19.5 Å². The molecule has 0 radical (unpaired) electrons. The van der Waals surface area contributed by atoms with Gasteiger partial charge in [0.15, 0.2) is 0 Å². The summed E-state index contributed by atoms with van der Waals surface area (Å²) in [5.41, 5.74) is 4.55. The van der Waals surface area contributed by atoms with Crippen molar-refractivity contribution in [3.63, 3.8) is 0 Å². The lowest BCUT2D eigenvalue weighted by atomic mass is 9.73. The van der Waals surface area contributed by atoms with Gasteiger partial charge in [-0.05, 0) is 106 Å². The number of nitrogens with one attached hydrogen (secondary N) is 1. The SMILES string of the molecule is COc1ccc2ncc(Cl)c(CCCC3(C(=O)NO)CCN(CCCCc4cccnc4)CC3)c2c1. The maximum absolute atomic E-state index is 12.8. The minimum atomic E-state index is -0.562. The van der Waals surface area contributed by atoms with E-state index in [2.05, 4.69) is 20.9 Å². The molecule has 0 saturated carbocycles. The molecule has 4 rings (SSSR count). The van der Waals surface area contributed by atoms with Gasteiger partial charge in [-0.1, -0.05) is 17.7 Å². The highest BCUT2D eigenvalue weighted by Gasteiger charge is 2.40. The highest BCUT2D eigenvalue weighted by molar-refractivity contribution is 6.32. The van der Waals surface area contributed by atoms with E-state index in [9.17, 15) is 10.0 Å². The summed E-state index contributed by atoms with van der Waals surface area (Å²) in [5.74, 6) is 0.489. The third-order valence-corrected chi connectivity index (χ3v) is 7.85. The Morgan fingerprint density at radius 2 is 2.00 bits per heavy atom. The summed E-state index contributed by atoms with van der Waals surface area (Å²) in [6, 6.07) is 9.88. The van der Waals surface area contributed by atoms with Crippen LogP contribution in [0.3, 0.4) is 0 Å². The maximum Gasteiger partial charge on any atom is 0.249 e. The second-order valence-electron chi connectivity index (χ2n) is 9.70. The number of hydrogen-bond donors (Lipinski definition) is 2. The van der Waals surface area contributed by atoms with Crippen molar-refractivity contribution in [2.45, 2.75) is 51.4 Å². The van der Waals surface area contributed by atoms with Crippen LogP contribution in [0.2, 0.25) is 5.02 Å². The van der Waals surface area contributed by atoms with E-state index in [-0.39, 0.29) is 5.91 Å². The molecule has 0 bridgehead atoms. The molecule has 1 aromatic carbocycles. The number of nitrogens with zero attached hydrogens (tertiary/aromatic N) is 3. The molecule has 2 aromatic heterocycles. The number of carbonyl (C=O) groups is 1. The third-order valence-electron chi connectivity index (χ3n) is 7.53. The van der Waals surface area contributed by atoms with E-state index >= 15 is 0 Å². The topological polar surface area (TPSA) is 87.6 Å². The Morgan fingerprint density at radius 1 is 1.17 bits per heavy atom. The Morgan fingerprint density at radius 3 is 2.72 bits per heavy atom. The zero-order valence-electron chi connectivity index (χ0n) is 20.9. The van der Waals surface area contributed by atoms with E-state index in [1.807, 2.05) is 35.9 Å². The van der Waals surface area contributed by atoms with Gasteiger partial charge in [-0.25, -0.2) is 5.48 Å². The molecule has 7 nitrogen and oxygen atoms in total. The number of unbranched alkanes of at least 4 members (excludes halogenated alkanes) is 1. The number of methoxy groups -OCH3 is 1. The predicted octanol–water partition coefficient (Wildman–Crippen LogP) is 5.23. The first-order valence-electron chi connectivity index (χ1n) is 12.7. The molecule has 1 amide bonds. The van der Waals surface area contributed by atoms with Crippen LogP contribution in [0.5, 0.6) is 5.75 Å². The first-order valence-corrected chi connectivity index (χ1v) is 13.1. The van der Waals surface area contributed by atoms with Crippen molar-refractivity contribution in [1.29, 1.82) is 0 Å². The van der Waals surface area contributed by atoms with Gasteiger partial charge < -0.3 is 9.64 Å². The Balaban J connectivity index is 1.32. The summed E-state index contributed by atoms with van der Waals surface area (Å²) >= 11 is 6.53. The van der Waals surface area contributed by atoms with E-state index < -0.39 is 5.41 Å².